The average molecular weight is 192 g/mol. The van der Waals surface area contributed by atoms with Crippen molar-refractivity contribution in [3.05, 3.63) is 24.0 Å². The van der Waals surface area contributed by atoms with Gasteiger partial charge in [0, 0.05) is 18.9 Å². The van der Waals surface area contributed by atoms with E-state index in [1.807, 2.05) is 25.4 Å². The van der Waals surface area contributed by atoms with E-state index >= 15 is 0 Å². The van der Waals surface area contributed by atoms with Gasteiger partial charge in [0.15, 0.2) is 0 Å². The minimum absolute atomic E-state index is 0.482. The van der Waals surface area contributed by atoms with Crippen LogP contribution in [0.4, 0.5) is 5.69 Å². The Labute approximate surface area is 84.5 Å². The molecule has 14 heavy (non-hydrogen) atoms. The van der Waals surface area contributed by atoms with Gasteiger partial charge in [-0.15, -0.1) is 0 Å². The molecule has 3 nitrogen and oxygen atoms in total. The molecule has 1 aromatic rings. The molecular formula is C11H16N2O. The average Bonchev–Trinajstić information content (AvgIpc) is 2.16. The van der Waals surface area contributed by atoms with Crippen LogP contribution in [-0.4, -0.2) is 18.1 Å². The summed E-state index contributed by atoms with van der Waals surface area (Å²) in [7, 11) is 1.91. The minimum Gasteiger partial charge on any atom is -0.388 e. The zero-order chi connectivity index (χ0) is 9.80. The van der Waals surface area contributed by atoms with Crippen LogP contribution in [-0.2, 0) is 11.3 Å². The normalized spacial score (nSPS) is 16.4. The highest BCUT2D eigenvalue weighted by molar-refractivity contribution is 5.42. The van der Waals surface area contributed by atoms with Crippen molar-refractivity contribution in [3.8, 4) is 0 Å². The summed E-state index contributed by atoms with van der Waals surface area (Å²) in [6.07, 6.45) is 6.03. The third-order valence-electron chi connectivity index (χ3n) is 2.62. The van der Waals surface area contributed by atoms with Crippen LogP contribution in [0.1, 0.15) is 25.0 Å². The van der Waals surface area contributed by atoms with Gasteiger partial charge < -0.3 is 10.1 Å². The fourth-order valence-corrected chi connectivity index (χ4v) is 1.45. The summed E-state index contributed by atoms with van der Waals surface area (Å²) < 4.78 is 5.67. The summed E-state index contributed by atoms with van der Waals surface area (Å²) in [5.41, 5.74) is 2.09. The molecule has 0 aromatic carbocycles. The van der Waals surface area contributed by atoms with Gasteiger partial charge in [0.25, 0.3) is 0 Å². The number of ether oxygens (including phenoxy) is 1. The fourth-order valence-electron chi connectivity index (χ4n) is 1.45. The summed E-state index contributed by atoms with van der Waals surface area (Å²) in [5.74, 6) is 0. The van der Waals surface area contributed by atoms with E-state index < -0.39 is 0 Å². The van der Waals surface area contributed by atoms with Crippen molar-refractivity contribution in [2.45, 2.75) is 32.0 Å². The predicted molar refractivity (Wildman–Crippen MR) is 56.2 cm³/mol. The second-order valence-electron chi connectivity index (χ2n) is 3.65. The van der Waals surface area contributed by atoms with E-state index in [-0.39, 0.29) is 0 Å². The lowest BCUT2D eigenvalue weighted by molar-refractivity contribution is -0.0101. The van der Waals surface area contributed by atoms with Crippen LogP contribution in [0.5, 0.6) is 0 Å². The number of nitrogens with one attached hydrogen (secondary N) is 1. The van der Waals surface area contributed by atoms with Crippen molar-refractivity contribution in [2.75, 3.05) is 12.4 Å². The van der Waals surface area contributed by atoms with Gasteiger partial charge in [0.2, 0.25) is 0 Å². The predicted octanol–water partition coefficient (Wildman–Crippen LogP) is 2.19. The Morgan fingerprint density at radius 3 is 3.07 bits per heavy atom. The molecule has 2 rings (SSSR count). The molecule has 1 heterocycles. The first-order valence-corrected chi connectivity index (χ1v) is 5.13. The first-order chi connectivity index (χ1) is 6.88. The molecule has 0 amide bonds. The second kappa shape index (κ2) is 4.42. The lowest BCUT2D eigenvalue weighted by Gasteiger charge is -2.25. The monoisotopic (exact) mass is 192 g/mol. The largest absolute Gasteiger partial charge is 0.388 e. The van der Waals surface area contributed by atoms with Gasteiger partial charge in [-0.1, -0.05) is 0 Å². The van der Waals surface area contributed by atoms with Gasteiger partial charge in [-0.2, -0.15) is 0 Å². The number of anilines is 1. The molecule has 1 saturated carbocycles. The Hall–Kier alpha value is -1.09. The number of rotatable bonds is 4. The van der Waals surface area contributed by atoms with E-state index in [1.165, 1.54) is 19.3 Å². The van der Waals surface area contributed by atoms with Crippen LogP contribution in [0.25, 0.3) is 0 Å². The number of hydrogen-bond acceptors (Lipinski definition) is 3. The van der Waals surface area contributed by atoms with Crippen LogP contribution < -0.4 is 5.32 Å². The Morgan fingerprint density at radius 1 is 1.57 bits per heavy atom. The van der Waals surface area contributed by atoms with E-state index in [0.717, 1.165) is 11.4 Å². The molecular weight excluding hydrogens is 176 g/mol. The van der Waals surface area contributed by atoms with Gasteiger partial charge in [0.05, 0.1) is 18.4 Å². The molecule has 0 radical (unpaired) electrons. The quantitative estimate of drug-likeness (QED) is 0.794. The highest BCUT2D eigenvalue weighted by atomic mass is 16.5. The maximum atomic E-state index is 5.67. The minimum atomic E-state index is 0.482. The number of hydrogen-bond donors (Lipinski definition) is 1. The molecule has 1 aromatic heterocycles. The summed E-state index contributed by atoms with van der Waals surface area (Å²) in [6.45, 7) is 0.639. The van der Waals surface area contributed by atoms with E-state index in [4.69, 9.17) is 4.74 Å². The summed E-state index contributed by atoms with van der Waals surface area (Å²) >= 11 is 0. The van der Waals surface area contributed by atoms with Crippen molar-refractivity contribution in [1.82, 2.24) is 4.98 Å². The van der Waals surface area contributed by atoms with E-state index in [9.17, 15) is 0 Å². The summed E-state index contributed by atoms with van der Waals surface area (Å²) in [5, 5.41) is 3.09. The van der Waals surface area contributed by atoms with Crippen LogP contribution in [0.15, 0.2) is 18.3 Å². The molecule has 1 N–H and O–H groups in total. The lowest BCUT2D eigenvalue weighted by Crippen LogP contribution is -2.21. The van der Waals surface area contributed by atoms with Gasteiger partial charge in [-0.25, -0.2) is 0 Å². The third-order valence-corrected chi connectivity index (χ3v) is 2.62. The molecule has 3 heteroatoms. The Bertz CT molecular complexity index is 297. The Morgan fingerprint density at radius 2 is 2.43 bits per heavy atom. The molecule has 0 aliphatic heterocycles. The van der Waals surface area contributed by atoms with Gasteiger partial charge >= 0.3 is 0 Å². The standard InChI is InChI=1S/C11H16N2O/c1-12-9-5-6-13-10(7-9)8-14-11-3-2-4-11/h5-7,11H,2-4,8H2,1H3,(H,12,13). The van der Waals surface area contributed by atoms with Gasteiger partial charge in [0.1, 0.15) is 0 Å². The molecule has 1 aliphatic carbocycles. The highest BCUT2D eigenvalue weighted by Gasteiger charge is 2.17. The topological polar surface area (TPSA) is 34.2 Å². The van der Waals surface area contributed by atoms with Crippen LogP contribution in [0.3, 0.4) is 0 Å². The van der Waals surface area contributed by atoms with Crippen LogP contribution >= 0.6 is 0 Å². The van der Waals surface area contributed by atoms with Crippen molar-refractivity contribution in [1.29, 1.82) is 0 Å². The lowest BCUT2D eigenvalue weighted by atomic mass is 9.96. The Balaban J connectivity index is 1.87. The molecule has 0 atom stereocenters. The molecule has 1 aliphatic rings. The van der Waals surface area contributed by atoms with E-state index in [2.05, 4.69) is 10.3 Å². The molecule has 76 valence electrons. The highest BCUT2D eigenvalue weighted by Crippen LogP contribution is 2.23. The zero-order valence-electron chi connectivity index (χ0n) is 8.49. The fraction of sp³-hybridized carbons (Fsp3) is 0.545. The maximum absolute atomic E-state index is 5.67. The van der Waals surface area contributed by atoms with Gasteiger partial charge in [-0.05, 0) is 31.4 Å². The first-order valence-electron chi connectivity index (χ1n) is 5.13. The van der Waals surface area contributed by atoms with E-state index in [0.29, 0.717) is 12.7 Å². The summed E-state index contributed by atoms with van der Waals surface area (Å²) in [4.78, 5) is 4.25. The van der Waals surface area contributed by atoms with Crippen molar-refractivity contribution < 1.29 is 4.74 Å². The van der Waals surface area contributed by atoms with Crippen LogP contribution in [0, 0.1) is 0 Å². The van der Waals surface area contributed by atoms with Gasteiger partial charge in [-0.3, -0.25) is 4.98 Å². The number of pyridine rings is 1. The smallest absolute Gasteiger partial charge is 0.0892 e. The van der Waals surface area contributed by atoms with E-state index in [1.54, 1.807) is 0 Å². The van der Waals surface area contributed by atoms with Crippen molar-refractivity contribution in [3.63, 3.8) is 0 Å². The SMILES string of the molecule is CNc1ccnc(COC2CCC2)c1. The maximum Gasteiger partial charge on any atom is 0.0892 e. The molecule has 1 fully saturated rings. The Kier molecular flexibility index (Phi) is 2.99. The second-order valence-corrected chi connectivity index (χ2v) is 3.65. The molecule has 0 saturated heterocycles. The molecule has 0 bridgehead atoms. The molecule has 0 unspecified atom stereocenters. The summed E-state index contributed by atoms with van der Waals surface area (Å²) in [6, 6.07) is 3.98. The van der Waals surface area contributed by atoms with Crippen molar-refractivity contribution >= 4 is 5.69 Å². The first kappa shape index (κ1) is 9.46. The molecule has 0 spiro atoms. The number of nitrogens with zero attached hydrogens (tertiary/aromatic N) is 1. The third kappa shape index (κ3) is 2.23. The van der Waals surface area contributed by atoms with Crippen molar-refractivity contribution in [2.24, 2.45) is 0 Å². The zero-order valence-corrected chi connectivity index (χ0v) is 8.49. The van der Waals surface area contributed by atoms with Crippen LogP contribution in [0.2, 0.25) is 0 Å². The number of aromatic nitrogens is 1.